The molecule has 0 unspecified atom stereocenters. The molecular weight excluding hydrogens is 290 g/mol. The van der Waals surface area contributed by atoms with Gasteiger partial charge in [-0.1, -0.05) is 26.2 Å². The van der Waals surface area contributed by atoms with Gasteiger partial charge < -0.3 is 5.32 Å². The number of anilines is 1. The van der Waals surface area contributed by atoms with E-state index in [-0.39, 0.29) is 0 Å². The Hall–Kier alpha value is -0.870. The van der Waals surface area contributed by atoms with Crippen molar-refractivity contribution in [2.75, 3.05) is 11.9 Å². The molecule has 1 saturated carbocycles. The molecular formula is C15H20ClN3S. The molecule has 1 aliphatic carbocycles. The molecule has 0 aliphatic heterocycles. The number of rotatable bonds is 4. The van der Waals surface area contributed by atoms with Gasteiger partial charge in [-0.3, -0.25) is 0 Å². The van der Waals surface area contributed by atoms with E-state index < -0.39 is 0 Å². The minimum atomic E-state index is 0.341. The van der Waals surface area contributed by atoms with Crippen molar-refractivity contribution in [2.24, 2.45) is 5.92 Å². The van der Waals surface area contributed by atoms with Gasteiger partial charge in [0.1, 0.15) is 10.6 Å². The summed E-state index contributed by atoms with van der Waals surface area (Å²) < 4.78 is 0. The molecule has 2 heterocycles. The van der Waals surface area contributed by atoms with Gasteiger partial charge in [-0.25, -0.2) is 9.97 Å². The highest BCUT2D eigenvalue weighted by Gasteiger charge is 2.15. The van der Waals surface area contributed by atoms with Crippen LogP contribution in [-0.2, 0) is 6.42 Å². The lowest BCUT2D eigenvalue weighted by Crippen LogP contribution is -2.17. The monoisotopic (exact) mass is 309 g/mol. The molecule has 1 N–H and O–H groups in total. The summed E-state index contributed by atoms with van der Waals surface area (Å²) in [7, 11) is 0. The molecule has 108 valence electrons. The summed E-state index contributed by atoms with van der Waals surface area (Å²) in [5.74, 6) is 1.68. The molecule has 5 heteroatoms. The fourth-order valence-corrected chi connectivity index (χ4v) is 4.07. The Morgan fingerprint density at radius 2 is 2.10 bits per heavy atom. The first-order chi connectivity index (χ1) is 9.76. The van der Waals surface area contributed by atoms with Crippen LogP contribution >= 0.6 is 22.9 Å². The van der Waals surface area contributed by atoms with Crippen molar-refractivity contribution < 1.29 is 0 Å². The molecule has 20 heavy (non-hydrogen) atoms. The molecule has 3 rings (SSSR count). The van der Waals surface area contributed by atoms with Crippen molar-refractivity contribution in [1.82, 2.24) is 9.97 Å². The molecule has 1 fully saturated rings. The average molecular weight is 310 g/mol. The molecule has 0 saturated heterocycles. The van der Waals surface area contributed by atoms with E-state index in [1.54, 1.807) is 11.3 Å². The minimum Gasteiger partial charge on any atom is -0.369 e. The van der Waals surface area contributed by atoms with E-state index in [2.05, 4.69) is 28.3 Å². The maximum absolute atomic E-state index is 6.04. The van der Waals surface area contributed by atoms with Crippen LogP contribution in [0.4, 0.5) is 5.82 Å². The number of fused-ring (bicyclic) bond motifs is 1. The van der Waals surface area contributed by atoms with Gasteiger partial charge in [-0.05, 0) is 42.8 Å². The number of hydrogen-bond donors (Lipinski definition) is 1. The number of aryl methyl sites for hydroxylation is 1. The van der Waals surface area contributed by atoms with Crippen LogP contribution in [0, 0.1) is 5.92 Å². The molecule has 0 amide bonds. The number of hydrogen-bond acceptors (Lipinski definition) is 4. The number of halogens is 1. The maximum atomic E-state index is 6.04. The molecule has 3 nitrogen and oxygen atoms in total. The fraction of sp³-hybridized carbons (Fsp3) is 0.600. The van der Waals surface area contributed by atoms with Crippen molar-refractivity contribution in [1.29, 1.82) is 0 Å². The van der Waals surface area contributed by atoms with Crippen molar-refractivity contribution in [3.63, 3.8) is 0 Å². The second-order valence-electron chi connectivity index (χ2n) is 5.51. The zero-order valence-electron chi connectivity index (χ0n) is 11.8. The summed E-state index contributed by atoms with van der Waals surface area (Å²) in [5.41, 5.74) is 0. The zero-order valence-corrected chi connectivity index (χ0v) is 13.4. The highest BCUT2D eigenvalue weighted by molar-refractivity contribution is 7.18. The third-order valence-corrected chi connectivity index (χ3v) is 5.39. The van der Waals surface area contributed by atoms with Crippen LogP contribution in [0.15, 0.2) is 6.07 Å². The Bertz CT molecular complexity index is 590. The molecule has 0 radical (unpaired) electrons. The Kier molecular flexibility index (Phi) is 4.41. The van der Waals surface area contributed by atoms with Crippen molar-refractivity contribution in [3.8, 4) is 0 Å². The largest absolute Gasteiger partial charge is 0.369 e. The molecule has 1 aliphatic rings. The van der Waals surface area contributed by atoms with Crippen LogP contribution in [0.1, 0.15) is 43.9 Å². The lowest BCUT2D eigenvalue weighted by atomic mass is 9.89. The number of nitrogens with one attached hydrogen (secondary N) is 1. The summed E-state index contributed by atoms with van der Waals surface area (Å²) in [4.78, 5) is 11.0. The Balaban J connectivity index is 1.80. The summed E-state index contributed by atoms with van der Waals surface area (Å²) >= 11 is 7.75. The van der Waals surface area contributed by atoms with Gasteiger partial charge in [-0.2, -0.15) is 0 Å². The highest BCUT2D eigenvalue weighted by atomic mass is 35.5. The minimum absolute atomic E-state index is 0.341. The smallest absolute Gasteiger partial charge is 0.225 e. The van der Waals surface area contributed by atoms with Gasteiger partial charge in [0.25, 0.3) is 0 Å². The van der Waals surface area contributed by atoms with E-state index in [0.717, 1.165) is 34.9 Å². The van der Waals surface area contributed by atoms with Gasteiger partial charge in [0.05, 0.1) is 5.39 Å². The Morgan fingerprint density at radius 3 is 2.85 bits per heavy atom. The lowest BCUT2D eigenvalue weighted by Gasteiger charge is -2.22. The van der Waals surface area contributed by atoms with Crippen LogP contribution in [-0.4, -0.2) is 16.5 Å². The van der Waals surface area contributed by atoms with E-state index in [4.69, 9.17) is 11.6 Å². The third kappa shape index (κ3) is 3.07. The fourth-order valence-electron chi connectivity index (χ4n) is 2.89. The van der Waals surface area contributed by atoms with E-state index in [0.29, 0.717) is 5.28 Å². The second kappa shape index (κ2) is 6.27. The number of aromatic nitrogens is 2. The average Bonchev–Trinajstić information content (AvgIpc) is 2.88. The first-order valence-corrected chi connectivity index (χ1v) is 8.65. The number of nitrogens with zero attached hydrogens (tertiary/aromatic N) is 2. The van der Waals surface area contributed by atoms with E-state index >= 15 is 0 Å². The van der Waals surface area contributed by atoms with Gasteiger partial charge in [-0.15, -0.1) is 11.3 Å². The first kappa shape index (κ1) is 14.1. The van der Waals surface area contributed by atoms with E-state index in [1.807, 2.05) is 0 Å². The normalized spacial score (nSPS) is 16.7. The maximum Gasteiger partial charge on any atom is 0.225 e. The van der Waals surface area contributed by atoms with Crippen molar-refractivity contribution in [2.45, 2.75) is 45.4 Å². The van der Waals surface area contributed by atoms with Crippen LogP contribution in [0.3, 0.4) is 0 Å². The first-order valence-electron chi connectivity index (χ1n) is 7.46. The standard InChI is InChI=1S/C15H20ClN3S/c1-2-11-8-12-13(18-15(16)19-14(12)20-11)17-9-10-6-4-3-5-7-10/h8,10H,2-7,9H2,1H3,(H,17,18,19). The Labute approximate surface area is 128 Å². The summed E-state index contributed by atoms with van der Waals surface area (Å²) in [6.07, 6.45) is 7.82. The van der Waals surface area contributed by atoms with Gasteiger partial charge in [0, 0.05) is 11.4 Å². The molecule has 0 bridgehead atoms. The SMILES string of the molecule is CCc1cc2c(NCC3CCCCC3)nc(Cl)nc2s1. The van der Waals surface area contributed by atoms with E-state index in [1.165, 1.54) is 37.0 Å². The zero-order chi connectivity index (χ0) is 13.9. The summed E-state index contributed by atoms with van der Waals surface area (Å²) in [6.45, 7) is 3.16. The van der Waals surface area contributed by atoms with Crippen molar-refractivity contribution >= 4 is 39.0 Å². The van der Waals surface area contributed by atoms with Crippen LogP contribution in [0.2, 0.25) is 5.28 Å². The Morgan fingerprint density at radius 1 is 1.30 bits per heavy atom. The van der Waals surface area contributed by atoms with Crippen LogP contribution in [0.5, 0.6) is 0 Å². The highest BCUT2D eigenvalue weighted by Crippen LogP contribution is 2.31. The van der Waals surface area contributed by atoms with Crippen LogP contribution in [0.25, 0.3) is 10.2 Å². The van der Waals surface area contributed by atoms with Gasteiger partial charge in [0.2, 0.25) is 5.28 Å². The van der Waals surface area contributed by atoms with E-state index in [9.17, 15) is 0 Å². The predicted molar refractivity (Wildman–Crippen MR) is 86.9 cm³/mol. The quantitative estimate of drug-likeness (QED) is 0.816. The molecule has 2 aromatic heterocycles. The van der Waals surface area contributed by atoms with Crippen molar-refractivity contribution in [3.05, 3.63) is 16.2 Å². The second-order valence-corrected chi connectivity index (χ2v) is 6.96. The molecule has 0 atom stereocenters. The van der Waals surface area contributed by atoms with Gasteiger partial charge >= 0.3 is 0 Å². The summed E-state index contributed by atoms with van der Waals surface area (Å²) in [6, 6.07) is 2.19. The topological polar surface area (TPSA) is 37.8 Å². The molecule has 2 aromatic rings. The third-order valence-electron chi connectivity index (χ3n) is 4.05. The summed E-state index contributed by atoms with van der Waals surface area (Å²) in [5, 5.41) is 4.97. The van der Waals surface area contributed by atoms with Gasteiger partial charge in [0.15, 0.2) is 0 Å². The van der Waals surface area contributed by atoms with Crippen LogP contribution < -0.4 is 5.32 Å². The lowest BCUT2D eigenvalue weighted by molar-refractivity contribution is 0.373. The predicted octanol–water partition coefficient (Wildman–Crippen LogP) is 4.90. The molecule has 0 spiro atoms. The number of thiophene rings is 1. The molecule has 0 aromatic carbocycles.